The minimum Gasteiger partial charge on any atom is -0.342 e. The summed E-state index contributed by atoms with van der Waals surface area (Å²) in [6.07, 6.45) is 3.45. The first-order chi connectivity index (χ1) is 9.65. The molecule has 20 heavy (non-hydrogen) atoms. The van der Waals surface area contributed by atoms with E-state index in [-0.39, 0.29) is 17.5 Å². The maximum Gasteiger partial charge on any atom is 0.252 e. The first kappa shape index (κ1) is 12.6. The highest BCUT2D eigenvalue weighted by atomic mass is 16.2. The molecule has 0 radical (unpaired) electrons. The number of aryl methyl sites for hydroxylation is 1. The lowest BCUT2D eigenvalue weighted by Gasteiger charge is -2.13. The first-order valence-electron chi connectivity index (χ1n) is 6.57. The quantitative estimate of drug-likeness (QED) is 0.846. The van der Waals surface area contributed by atoms with E-state index in [0.717, 1.165) is 31.0 Å². The summed E-state index contributed by atoms with van der Waals surface area (Å²) in [5, 5.41) is 11.1. The molecule has 0 aromatic carbocycles. The van der Waals surface area contributed by atoms with Gasteiger partial charge < -0.3 is 14.9 Å². The fourth-order valence-corrected chi connectivity index (χ4v) is 2.42. The molecule has 0 saturated carbocycles. The number of carbonyl (C=O) groups is 1. The molecular weight excluding hydrogens is 258 g/mol. The van der Waals surface area contributed by atoms with Gasteiger partial charge in [-0.3, -0.25) is 9.59 Å². The van der Waals surface area contributed by atoms with Crippen LogP contribution in [0.25, 0.3) is 0 Å². The topological polar surface area (TPSA) is 92.7 Å². The van der Waals surface area contributed by atoms with E-state index < -0.39 is 0 Å². The van der Waals surface area contributed by atoms with Gasteiger partial charge in [-0.2, -0.15) is 0 Å². The third-order valence-corrected chi connectivity index (χ3v) is 3.41. The Morgan fingerprint density at radius 3 is 3.15 bits per heavy atom. The van der Waals surface area contributed by atoms with E-state index in [1.54, 1.807) is 6.07 Å². The molecule has 0 fully saturated rings. The number of H-pyrrole nitrogens is 1. The second-order valence-corrected chi connectivity index (χ2v) is 4.87. The zero-order valence-electron chi connectivity index (χ0n) is 11.1. The number of pyridine rings is 1. The summed E-state index contributed by atoms with van der Waals surface area (Å²) in [4.78, 5) is 25.8. The van der Waals surface area contributed by atoms with Crippen molar-refractivity contribution in [2.45, 2.75) is 32.4 Å². The van der Waals surface area contributed by atoms with Crippen molar-refractivity contribution in [2.75, 3.05) is 0 Å². The van der Waals surface area contributed by atoms with E-state index in [9.17, 15) is 9.59 Å². The molecule has 2 aromatic heterocycles. The highest BCUT2D eigenvalue weighted by Crippen LogP contribution is 2.19. The highest BCUT2D eigenvalue weighted by molar-refractivity contribution is 5.94. The predicted molar refractivity (Wildman–Crippen MR) is 71.3 cm³/mol. The van der Waals surface area contributed by atoms with Crippen LogP contribution in [0.3, 0.4) is 0 Å². The number of rotatable bonds is 3. The van der Waals surface area contributed by atoms with Crippen LogP contribution in [0.2, 0.25) is 0 Å². The summed E-state index contributed by atoms with van der Waals surface area (Å²) < 4.78 is 2.04. The van der Waals surface area contributed by atoms with Crippen LogP contribution in [0.1, 0.15) is 41.4 Å². The Morgan fingerprint density at radius 1 is 1.50 bits per heavy atom. The third kappa shape index (κ3) is 2.22. The molecule has 104 valence electrons. The van der Waals surface area contributed by atoms with E-state index in [1.165, 1.54) is 12.3 Å². The molecule has 7 nitrogen and oxygen atoms in total. The maximum atomic E-state index is 12.1. The van der Waals surface area contributed by atoms with Crippen LogP contribution in [-0.2, 0) is 13.0 Å². The number of hydrogen-bond donors (Lipinski definition) is 2. The molecule has 2 N–H and O–H groups in total. The lowest BCUT2D eigenvalue weighted by molar-refractivity contribution is 0.0937. The molecule has 1 atom stereocenters. The summed E-state index contributed by atoms with van der Waals surface area (Å²) >= 11 is 0. The van der Waals surface area contributed by atoms with Crippen molar-refractivity contribution in [1.29, 1.82) is 0 Å². The smallest absolute Gasteiger partial charge is 0.252 e. The van der Waals surface area contributed by atoms with Crippen molar-refractivity contribution in [3.8, 4) is 0 Å². The van der Waals surface area contributed by atoms with Crippen molar-refractivity contribution in [2.24, 2.45) is 0 Å². The molecule has 0 aliphatic carbocycles. The van der Waals surface area contributed by atoms with Gasteiger partial charge in [-0.05, 0) is 19.4 Å². The first-order valence-corrected chi connectivity index (χ1v) is 6.57. The Kier molecular flexibility index (Phi) is 3.09. The average Bonchev–Trinajstić information content (AvgIpc) is 3.00. The molecule has 1 unspecified atom stereocenters. The number of nitrogens with zero attached hydrogens (tertiary/aromatic N) is 3. The van der Waals surface area contributed by atoms with Crippen molar-refractivity contribution in [1.82, 2.24) is 25.1 Å². The number of nitrogens with one attached hydrogen (secondary N) is 2. The number of aromatic nitrogens is 4. The summed E-state index contributed by atoms with van der Waals surface area (Å²) in [5.74, 6) is 1.44. The van der Waals surface area contributed by atoms with Crippen LogP contribution < -0.4 is 10.9 Å². The van der Waals surface area contributed by atoms with Gasteiger partial charge in [0.25, 0.3) is 5.91 Å². The summed E-state index contributed by atoms with van der Waals surface area (Å²) in [6, 6.07) is 2.59. The summed E-state index contributed by atoms with van der Waals surface area (Å²) in [5.41, 5.74) is 0.0374. The van der Waals surface area contributed by atoms with Gasteiger partial charge in [-0.25, -0.2) is 0 Å². The molecule has 3 rings (SSSR count). The molecule has 1 amide bonds. The number of aromatic amines is 1. The van der Waals surface area contributed by atoms with E-state index in [0.29, 0.717) is 5.56 Å². The standard InChI is InChI=1S/C13H15N5O2/c1-8(12-17-16-10-3-2-6-18(10)12)15-13(20)9-4-5-14-11(19)7-9/h4-5,7-8H,2-3,6H2,1H3,(H,14,19)(H,15,20). The van der Waals surface area contributed by atoms with Gasteiger partial charge in [0, 0.05) is 30.8 Å². The van der Waals surface area contributed by atoms with Crippen LogP contribution in [-0.4, -0.2) is 25.7 Å². The lowest BCUT2D eigenvalue weighted by Crippen LogP contribution is -2.29. The van der Waals surface area contributed by atoms with Crippen LogP contribution in [0.5, 0.6) is 0 Å². The van der Waals surface area contributed by atoms with Crippen molar-refractivity contribution in [3.63, 3.8) is 0 Å². The van der Waals surface area contributed by atoms with Gasteiger partial charge in [0.15, 0.2) is 5.82 Å². The predicted octanol–water partition coefficient (Wildman–Crippen LogP) is 0.404. The Balaban J connectivity index is 1.77. The normalized spacial score (nSPS) is 14.8. The van der Waals surface area contributed by atoms with Gasteiger partial charge in [-0.15, -0.1) is 10.2 Å². The number of amides is 1. The molecular formula is C13H15N5O2. The molecule has 0 saturated heterocycles. The van der Waals surface area contributed by atoms with Crippen LogP contribution in [0.15, 0.2) is 23.1 Å². The molecule has 7 heteroatoms. The molecule has 1 aliphatic heterocycles. The van der Waals surface area contributed by atoms with Crippen LogP contribution in [0.4, 0.5) is 0 Å². The Labute approximate surface area is 115 Å². The summed E-state index contributed by atoms with van der Waals surface area (Å²) in [7, 11) is 0. The van der Waals surface area contributed by atoms with Gasteiger partial charge in [0.1, 0.15) is 5.82 Å². The zero-order chi connectivity index (χ0) is 14.1. The van der Waals surface area contributed by atoms with Crippen molar-refractivity contribution >= 4 is 5.91 Å². The maximum absolute atomic E-state index is 12.1. The second-order valence-electron chi connectivity index (χ2n) is 4.87. The van der Waals surface area contributed by atoms with Gasteiger partial charge in [0.2, 0.25) is 5.56 Å². The monoisotopic (exact) mass is 273 g/mol. The van der Waals surface area contributed by atoms with Crippen LogP contribution >= 0.6 is 0 Å². The average molecular weight is 273 g/mol. The van der Waals surface area contributed by atoms with Gasteiger partial charge in [0.05, 0.1) is 6.04 Å². The highest BCUT2D eigenvalue weighted by Gasteiger charge is 2.22. The minimum absolute atomic E-state index is 0.249. The molecule has 1 aliphatic rings. The molecule has 3 heterocycles. The zero-order valence-corrected chi connectivity index (χ0v) is 11.1. The fourth-order valence-electron chi connectivity index (χ4n) is 2.42. The van der Waals surface area contributed by atoms with Crippen molar-refractivity contribution in [3.05, 3.63) is 45.9 Å². The molecule has 0 bridgehead atoms. The van der Waals surface area contributed by atoms with E-state index >= 15 is 0 Å². The van der Waals surface area contributed by atoms with E-state index in [4.69, 9.17) is 0 Å². The Morgan fingerprint density at radius 2 is 2.35 bits per heavy atom. The van der Waals surface area contributed by atoms with E-state index in [2.05, 4.69) is 20.5 Å². The van der Waals surface area contributed by atoms with Crippen LogP contribution in [0, 0.1) is 0 Å². The Hall–Kier alpha value is -2.44. The number of fused-ring (bicyclic) bond motifs is 1. The second kappa shape index (κ2) is 4.92. The Bertz CT molecular complexity index is 703. The summed E-state index contributed by atoms with van der Waals surface area (Å²) in [6.45, 7) is 2.75. The van der Waals surface area contributed by atoms with Gasteiger partial charge >= 0.3 is 0 Å². The van der Waals surface area contributed by atoms with Gasteiger partial charge in [-0.1, -0.05) is 0 Å². The lowest BCUT2D eigenvalue weighted by atomic mass is 10.2. The fraction of sp³-hybridized carbons (Fsp3) is 0.385. The largest absolute Gasteiger partial charge is 0.342 e. The number of hydrogen-bond acceptors (Lipinski definition) is 4. The number of carbonyl (C=O) groups excluding carboxylic acids is 1. The SMILES string of the molecule is CC(NC(=O)c1cc[nH]c(=O)c1)c1nnc2n1CCC2. The molecule has 0 spiro atoms. The van der Waals surface area contributed by atoms with Crippen molar-refractivity contribution < 1.29 is 4.79 Å². The van der Waals surface area contributed by atoms with E-state index in [1.807, 2.05) is 11.5 Å². The third-order valence-electron chi connectivity index (χ3n) is 3.41. The minimum atomic E-state index is -0.298. The molecule has 2 aromatic rings.